The zero-order valence-electron chi connectivity index (χ0n) is 5.97. The second-order valence-electron chi connectivity index (χ2n) is 2.45. The number of hydrogen-bond acceptors (Lipinski definition) is 2. The van der Waals surface area contributed by atoms with E-state index >= 15 is 0 Å². The molecule has 0 fully saturated rings. The van der Waals surface area contributed by atoms with Gasteiger partial charge in [-0.2, -0.15) is 0 Å². The molecule has 1 aromatic heterocycles. The standard InChI is InChI=1S/C8H5BrINS/c9-5-2-8-4(1-6(5)10)7(11)3-12-8/h1-3H,11H2. The number of fused-ring (bicyclic) bond motifs is 1. The summed E-state index contributed by atoms with van der Waals surface area (Å²) in [4.78, 5) is 0. The Kier molecular flexibility index (Phi) is 2.31. The van der Waals surface area contributed by atoms with E-state index < -0.39 is 0 Å². The van der Waals surface area contributed by atoms with Crippen LogP contribution >= 0.6 is 49.9 Å². The first-order valence-corrected chi connectivity index (χ1v) is 6.05. The average molecular weight is 354 g/mol. The molecule has 0 saturated heterocycles. The van der Waals surface area contributed by atoms with E-state index in [-0.39, 0.29) is 0 Å². The Bertz CT molecular complexity index is 438. The summed E-state index contributed by atoms with van der Waals surface area (Å²) in [5.74, 6) is 0. The van der Waals surface area contributed by atoms with Gasteiger partial charge in [-0.3, -0.25) is 0 Å². The first kappa shape index (κ1) is 8.77. The number of thiophene rings is 1. The highest BCUT2D eigenvalue weighted by atomic mass is 127. The summed E-state index contributed by atoms with van der Waals surface area (Å²) in [7, 11) is 0. The van der Waals surface area contributed by atoms with Crippen molar-refractivity contribution in [2.75, 3.05) is 5.73 Å². The number of rotatable bonds is 0. The number of hydrogen-bond donors (Lipinski definition) is 1. The maximum Gasteiger partial charge on any atom is 0.0503 e. The summed E-state index contributed by atoms with van der Waals surface area (Å²) >= 11 is 7.45. The van der Waals surface area contributed by atoms with E-state index in [1.165, 1.54) is 8.27 Å². The van der Waals surface area contributed by atoms with Gasteiger partial charge in [0.05, 0.1) is 5.69 Å². The molecule has 2 aromatic rings. The van der Waals surface area contributed by atoms with Gasteiger partial charge in [0.2, 0.25) is 0 Å². The summed E-state index contributed by atoms with van der Waals surface area (Å²) < 4.78 is 3.57. The molecule has 2 rings (SSSR count). The normalized spacial score (nSPS) is 10.8. The third-order valence-corrected chi connectivity index (χ3v) is 4.90. The van der Waals surface area contributed by atoms with Crippen LogP contribution in [0.1, 0.15) is 0 Å². The molecule has 62 valence electrons. The van der Waals surface area contributed by atoms with Crippen LogP contribution in [0.2, 0.25) is 0 Å². The Morgan fingerprint density at radius 3 is 2.92 bits per heavy atom. The molecule has 0 radical (unpaired) electrons. The molecular weight excluding hydrogens is 349 g/mol. The van der Waals surface area contributed by atoms with Crippen molar-refractivity contribution in [2.45, 2.75) is 0 Å². The van der Waals surface area contributed by atoms with Gasteiger partial charge < -0.3 is 5.73 Å². The monoisotopic (exact) mass is 353 g/mol. The molecule has 0 atom stereocenters. The van der Waals surface area contributed by atoms with E-state index in [2.05, 4.69) is 50.7 Å². The van der Waals surface area contributed by atoms with E-state index in [4.69, 9.17) is 5.73 Å². The van der Waals surface area contributed by atoms with E-state index in [0.29, 0.717) is 0 Å². The first-order valence-electron chi connectivity index (χ1n) is 3.30. The van der Waals surface area contributed by atoms with Crippen LogP contribution in [-0.4, -0.2) is 0 Å². The van der Waals surface area contributed by atoms with Crippen LogP contribution in [0.15, 0.2) is 22.0 Å². The van der Waals surface area contributed by atoms with Gasteiger partial charge in [-0.25, -0.2) is 0 Å². The number of nitrogen functional groups attached to an aromatic ring is 1. The molecule has 0 aliphatic rings. The van der Waals surface area contributed by atoms with E-state index in [9.17, 15) is 0 Å². The highest BCUT2D eigenvalue weighted by Crippen LogP contribution is 2.33. The molecule has 0 bridgehead atoms. The van der Waals surface area contributed by atoms with Gasteiger partial charge in [0.25, 0.3) is 0 Å². The molecule has 1 aromatic carbocycles. The van der Waals surface area contributed by atoms with Crippen molar-refractivity contribution >= 4 is 65.6 Å². The maximum atomic E-state index is 5.79. The Labute approximate surface area is 96.2 Å². The summed E-state index contributed by atoms with van der Waals surface area (Å²) in [5, 5.41) is 3.14. The molecular formula is C8H5BrINS. The Morgan fingerprint density at radius 2 is 2.17 bits per heavy atom. The summed E-state index contributed by atoms with van der Waals surface area (Å²) in [6.07, 6.45) is 0. The molecule has 0 spiro atoms. The molecule has 0 unspecified atom stereocenters. The minimum Gasteiger partial charge on any atom is -0.398 e. The van der Waals surface area contributed by atoms with Gasteiger partial charge in [-0.15, -0.1) is 11.3 Å². The minimum atomic E-state index is 0.875. The third kappa shape index (κ3) is 1.36. The van der Waals surface area contributed by atoms with Crippen LogP contribution < -0.4 is 5.73 Å². The second-order valence-corrected chi connectivity index (χ2v) is 5.38. The third-order valence-electron chi connectivity index (χ3n) is 1.65. The summed E-state index contributed by atoms with van der Waals surface area (Å²) in [6, 6.07) is 4.21. The lowest BCUT2D eigenvalue weighted by atomic mass is 10.2. The van der Waals surface area contributed by atoms with Crippen molar-refractivity contribution in [2.24, 2.45) is 0 Å². The fraction of sp³-hybridized carbons (Fsp3) is 0. The molecule has 1 nitrogen and oxygen atoms in total. The second kappa shape index (κ2) is 3.16. The van der Waals surface area contributed by atoms with Gasteiger partial charge in [0, 0.05) is 23.5 Å². The topological polar surface area (TPSA) is 26.0 Å². The highest BCUT2D eigenvalue weighted by Gasteiger charge is 2.03. The molecule has 0 amide bonds. The number of anilines is 1. The van der Waals surface area contributed by atoms with E-state index in [0.717, 1.165) is 15.5 Å². The largest absolute Gasteiger partial charge is 0.398 e. The van der Waals surface area contributed by atoms with Gasteiger partial charge in [-0.05, 0) is 50.7 Å². The van der Waals surface area contributed by atoms with Crippen molar-refractivity contribution in [3.8, 4) is 0 Å². The summed E-state index contributed by atoms with van der Waals surface area (Å²) in [5.41, 5.74) is 6.66. The molecule has 4 heteroatoms. The Hall–Kier alpha value is 0.190. The van der Waals surface area contributed by atoms with Gasteiger partial charge >= 0.3 is 0 Å². The minimum absolute atomic E-state index is 0.875. The van der Waals surface area contributed by atoms with Gasteiger partial charge in [-0.1, -0.05) is 0 Å². The van der Waals surface area contributed by atoms with Crippen molar-refractivity contribution < 1.29 is 0 Å². The van der Waals surface area contributed by atoms with Crippen LogP contribution in [0, 0.1) is 3.57 Å². The lowest BCUT2D eigenvalue weighted by Crippen LogP contribution is -1.81. The number of benzene rings is 1. The fourth-order valence-electron chi connectivity index (χ4n) is 1.04. The fourth-order valence-corrected chi connectivity index (χ4v) is 2.87. The number of nitrogens with two attached hydrogens (primary N) is 1. The SMILES string of the molecule is Nc1csc2cc(Br)c(I)cc12. The maximum absolute atomic E-state index is 5.79. The lowest BCUT2D eigenvalue weighted by molar-refractivity contribution is 1.68. The smallest absolute Gasteiger partial charge is 0.0503 e. The summed E-state index contributed by atoms with van der Waals surface area (Å²) in [6.45, 7) is 0. The van der Waals surface area contributed by atoms with Crippen LogP contribution in [0.3, 0.4) is 0 Å². The number of halogens is 2. The quantitative estimate of drug-likeness (QED) is 0.715. The van der Waals surface area contributed by atoms with Gasteiger partial charge in [0.15, 0.2) is 0 Å². The molecule has 1 heterocycles. The first-order chi connectivity index (χ1) is 5.68. The molecule has 2 N–H and O–H groups in total. The van der Waals surface area contributed by atoms with Gasteiger partial charge in [0.1, 0.15) is 0 Å². The predicted molar refractivity (Wildman–Crippen MR) is 66.7 cm³/mol. The average Bonchev–Trinajstić information content (AvgIpc) is 2.35. The van der Waals surface area contributed by atoms with Crippen molar-refractivity contribution in [3.63, 3.8) is 0 Å². The van der Waals surface area contributed by atoms with Crippen molar-refractivity contribution in [1.29, 1.82) is 0 Å². The molecule has 0 aliphatic carbocycles. The highest BCUT2D eigenvalue weighted by molar-refractivity contribution is 14.1. The van der Waals surface area contributed by atoms with Crippen LogP contribution in [-0.2, 0) is 0 Å². The predicted octanol–water partition coefficient (Wildman–Crippen LogP) is 3.85. The van der Waals surface area contributed by atoms with E-state index in [1.54, 1.807) is 11.3 Å². The zero-order chi connectivity index (χ0) is 8.72. The van der Waals surface area contributed by atoms with E-state index in [1.807, 2.05) is 5.38 Å². The Balaban J connectivity index is 2.87. The Morgan fingerprint density at radius 1 is 1.42 bits per heavy atom. The van der Waals surface area contributed by atoms with Crippen LogP contribution in [0.4, 0.5) is 5.69 Å². The lowest BCUT2D eigenvalue weighted by Gasteiger charge is -1.96. The zero-order valence-corrected chi connectivity index (χ0v) is 10.5. The van der Waals surface area contributed by atoms with Crippen molar-refractivity contribution in [1.82, 2.24) is 0 Å². The molecule has 12 heavy (non-hydrogen) atoms. The molecule has 0 aliphatic heterocycles. The van der Waals surface area contributed by atoms with Crippen LogP contribution in [0.5, 0.6) is 0 Å². The van der Waals surface area contributed by atoms with Crippen molar-refractivity contribution in [3.05, 3.63) is 25.6 Å². The van der Waals surface area contributed by atoms with Crippen LogP contribution in [0.25, 0.3) is 10.1 Å². The molecule has 0 saturated carbocycles.